The van der Waals surface area contributed by atoms with Crippen molar-refractivity contribution in [3.8, 4) is 28.7 Å². The maximum Gasteiger partial charge on any atom is 0.345 e. The Hall–Kier alpha value is -7.57. The molecule has 0 saturated heterocycles. The zero-order valence-corrected chi connectivity index (χ0v) is 35.5. The van der Waals surface area contributed by atoms with Crippen LogP contribution in [0.4, 0.5) is 28.4 Å². The van der Waals surface area contributed by atoms with Crippen LogP contribution in [0.25, 0.3) is 21.5 Å². The van der Waals surface area contributed by atoms with Crippen molar-refractivity contribution in [3.05, 3.63) is 138 Å². The number of nitrogen functional groups attached to an aromatic ring is 1. The summed E-state index contributed by atoms with van der Waals surface area (Å²) < 4.78 is 15.8. The van der Waals surface area contributed by atoms with Gasteiger partial charge >= 0.3 is 5.97 Å². The first kappa shape index (κ1) is 45.5. The second kappa shape index (κ2) is 21.7. The maximum absolute atomic E-state index is 13.0. The Morgan fingerprint density at radius 1 is 0.600 bits per heavy atom. The third kappa shape index (κ3) is 11.2. The Balaban J connectivity index is 0.905. The van der Waals surface area contributed by atoms with Crippen molar-refractivity contribution in [1.29, 1.82) is 0 Å². The van der Waals surface area contributed by atoms with Crippen LogP contribution in [0.2, 0.25) is 0 Å². The number of phenols is 4. The Bertz CT molecular complexity index is 2890. The SMILES string of the molecule is Nc1ccc2cc(SOOO)c(N=Nc3ccc(N=Nc4ccc(O)c(C(=O)OCCCCCCCCOc5ccc(C(=O)c6ccccc6)c(O)c5)c4O)c4ccccc34)c(O)c2c1. The van der Waals surface area contributed by atoms with E-state index < -0.39 is 23.0 Å². The minimum absolute atomic E-state index is 0.0348. The summed E-state index contributed by atoms with van der Waals surface area (Å²) in [4.78, 5) is 26.0. The highest BCUT2D eigenvalue weighted by Crippen LogP contribution is 2.45. The Kier molecular flexibility index (Phi) is 15.2. The van der Waals surface area contributed by atoms with Gasteiger partial charge in [0.1, 0.15) is 34.2 Å². The first-order valence-corrected chi connectivity index (χ1v) is 21.2. The number of aromatic hydroxyl groups is 4. The zero-order valence-electron chi connectivity index (χ0n) is 34.7. The van der Waals surface area contributed by atoms with Gasteiger partial charge in [-0.15, -0.1) is 24.8 Å². The van der Waals surface area contributed by atoms with Gasteiger partial charge in [0.25, 0.3) is 0 Å². The number of nitrogens with zero attached hydrogens (tertiary/aromatic N) is 4. The van der Waals surface area contributed by atoms with Crippen molar-refractivity contribution in [1.82, 2.24) is 0 Å². The molecule has 65 heavy (non-hydrogen) atoms. The summed E-state index contributed by atoms with van der Waals surface area (Å²) in [6.45, 7) is 0.525. The summed E-state index contributed by atoms with van der Waals surface area (Å²) >= 11 is 0.616. The standard InChI is InChI=1S/C48H43N5O11S/c49-31-17-16-30-26-42(65-64-63-60)44(46(57)36(30)27-31)53-51-38-21-20-37(33-14-8-9-15-34(33)38)50-52-39-22-23-40(54)43(47(39)58)48(59)62-25-11-4-2-1-3-10-24-61-32-18-19-35(41(55)28-32)45(56)29-12-6-5-7-13-29/h5-9,12-23,26-28,54-55,57-58,60H,1-4,10-11,24-25,49H2. The number of hydrogen-bond acceptors (Lipinski definition) is 17. The Labute approximate surface area is 376 Å². The number of phenolic OH excluding ortho intramolecular Hbond substituents is 4. The van der Waals surface area contributed by atoms with Crippen LogP contribution in [0.3, 0.4) is 0 Å². The normalized spacial score (nSPS) is 11.5. The number of ether oxygens (including phenoxy) is 2. The predicted molar refractivity (Wildman–Crippen MR) is 244 cm³/mol. The lowest BCUT2D eigenvalue weighted by Gasteiger charge is -2.10. The molecule has 0 fully saturated rings. The fourth-order valence-electron chi connectivity index (χ4n) is 6.95. The van der Waals surface area contributed by atoms with Crippen LogP contribution in [-0.4, -0.2) is 50.6 Å². The van der Waals surface area contributed by atoms with E-state index in [9.17, 15) is 30.0 Å². The molecule has 0 aliphatic rings. The van der Waals surface area contributed by atoms with Crippen LogP contribution in [0.15, 0.2) is 147 Å². The molecule has 7 rings (SSSR count). The van der Waals surface area contributed by atoms with E-state index in [1.54, 1.807) is 97.1 Å². The summed E-state index contributed by atoms with van der Waals surface area (Å²) in [6, 6.07) is 33.0. The Morgan fingerprint density at radius 2 is 1.25 bits per heavy atom. The van der Waals surface area contributed by atoms with Gasteiger partial charge in [-0.3, -0.25) is 4.79 Å². The second-order valence-electron chi connectivity index (χ2n) is 14.6. The summed E-state index contributed by atoms with van der Waals surface area (Å²) in [7, 11) is 0. The number of rotatable bonds is 20. The lowest BCUT2D eigenvalue weighted by Crippen LogP contribution is -2.07. The number of azo groups is 2. The van der Waals surface area contributed by atoms with Crippen LogP contribution >= 0.6 is 12.0 Å². The number of ketones is 1. The minimum Gasteiger partial charge on any atom is -0.507 e. The second-order valence-corrected chi connectivity index (χ2v) is 15.4. The highest BCUT2D eigenvalue weighted by molar-refractivity contribution is 7.94. The van der Waals surface area contributed by atoms with Gasteiger partial charge in [-0.05, 0) is 72.8 Å². The first-order chi connectivity index (χ1) is 31.6. The van der Waals surface area contributed by atoms with Gasteiger partial charge < -0.3 is 35.6 Å². The average molecular weight is 898 g/mol. The summed E-state index contributed by atoms with van der Waals surface area (Å²) in [6.07, 6.45) is 4.86. The zero-order chi connectivity index (χ0) is 45.7. The van der Waals surface area contributed by atoms with Gasteiger partial charge in [-0.25, -0.2) is 10.1 Å². The number of fused-ring (bicyclic) bond motifs is 2. The molecule has 0 unspecified atom stereocenters. The fraction of sp³-hybridized carbons (Fsp3) is 0.167. The molecule has 0 aromatic heterocycles. The largest absolute Gasteiger partial charge is 0.507 e. The van der Waals surface area contributed by atoms with Crippen molar-refractivity contribution in [2.45, 2.75) is 43.4 Å². The molecule has 7 N–H and O–H groups in total. The maximum atomic E-state index is 13.0. The van der Waals surface area contributed by atoms with Gasteiger partial charge in [0, 0.05) is 33.5 Å². The number of esters is 1. The highest BCUT2D eigenvalue weighted by Gasteiger charge is 2.22. The molecule has 0 radical (unpaired) electrons. The molecule has 0 amide bonds. The van der Waals surface area contributed by atoms with Gasteiger partial charge in [-0.2, -0.15) is 0 Å². The lowest BCUT2D eigenvalue weighted by molar-refractivity contribution is -0.432. The van der Waals surface area contributed by atoms with E-state index in [2.05, 4.69) is 29.8 Å². The van der Waals surface area contributed by atoms with Gasteiger partial charge in [-0.1, -0.05) is 91.4 Å². The summed E-state index contributed by atoms with van der Waals surface area (Å²) in [5.74, 6) is -2.11. The van der Waals surface area contributed by atoms with Crippen LogP contribution in [0.5, 0.6) is 28.7 Å². The molecule has 0 heterocycles. The lowest BCUT2D eigenvalue weighted by atomic mass is 10.0. The van der Waals surface area contributed by atoms with E-state index in [-0.39, 0.29) is 40.8 Å². The van der Waals surface area contributed by atoms with Crippen LogP contribution in [0, 0.1) is 0 Å². The number of nitrogens with two attached hydrogens (primary N) is 1. The van der Waals surface area contributed by atoms with Crippen LogP contribution < -0.4 is 10.5 Å². The van der Waals surface area contributed by atoms with Gasteiger partial charge in [0.15, 0.2) is 17.3 Å². The number of hydrogen-bond donors (Lipinski definition) is 6. The molecule has 16 nitrogen and oxygen atoms in total. The number of anilines is 1. The third-order valence-electron chi connectivity index (χ3n) is 10.3. The topological polar surface area (TPSA) is 248 Å². The minimum atomic E-state index is -0.907. The van der Waals surface area contributed by atoms with E-state index in [1.165, 1.54) is 18.2 Å². The van der Waals surface area contributed by atoms with E-state index in [0.29, 0.717) is 79.9 Å². The van der Waals surface area contributed by atoms with E-state index >= 15 is 0 Å². The molecule has 17 heteroatoms. The molecule has 0 aliphatic carbocycles. The number of carbonyl (C=O) groups excluding carboxylic acids is 2. The molecular weight excluding hydrogens is 855 g/mol. The third-order valence-corrected chi connectivity index (χ3v) is 10.9. The van der Waals surface area contributed by atoms with Gasteiger partial charge in [0.2, 0.25) is 0 Å². The van der Waals surface area contributed by atoms with Crippen LogP contribution in [-0.2, 0) is 14.1 Å². The van der Waals surface area contributed by atoms with Gasteiger partial charge in [0.05, 0.1) is 47.1 Å². The Morgan fingerprint density at radius 3 is 1.95 bits per heavy atom. The van der Waals surface area contributed by atoms with E-state index in [4.69, 9.17) is 20.5 Å². The number of carbonyl (C=O) groups is 2. The fourth-order valence-corrected chi connectivity index (χ4v) is 7.45. The van der Waals surface area contributed by atoms with Crippen molar-refractivity contribution >= 4 is 73.8 Å². The van der Waals surface area contributed by atoms with Crippen LogP contribution in [0.1, 0.15) is 64.8 Å². The first-order valence-electron chi connectivity index (χ1n) is 20.5. The summed E-state index contributed by atoms with van der Waals surface area (Å²) in [5, 5.41) is 75.1. The monoisotopic (exact) mass is 897 g/mol. The molecule has 0 aliphatic heterocycles. The number of unbranched alkanes of at least 4 members (excludes halogenated alkanes) is 5. The molecule has 0 atom stereocenters. The molecule has 0 spiro atoms. The summed E-state index contributed by atoms with van der Waals surface area (Å²) in [5.41, 5.74) is 7.40. The van der Waals surface area contributed by atoms with Crippen molar-refractivity contribution in [3.63, 3.8) is 0 Å². The highest BCUT2D eigenvalue weighted by atomic mass is 32.2. The molecule has 7 aromatic carbocycles. The predicted octanol–water partition coefficient (Wildman–Crippen LogP) is 12.5. The molecule has 0 saturated carbocycles. The van der Waals surface area contributed by atoms with Crippen molar-refractivity contribution in [2.24, 2.45) is 20.5 Å². The molecular formula is C48H43N5O11S. The number of benzene rings is 7. The molecule has 332 valence electrons. The van der Waals surface area contributed by atoms with E-state index in [1.807, 2.05) is 6.07 Å². The van der Waals surface area contributed by atoms with Crippen molar-refractivity contribution < 1.29 is 54.1 Å². The van der Waals surface area contributed by atoms with Crippen molar-refractivity contribution in [2.75, 3.05) is 18.9 Å². The smallest absolute Gasteiger partial charge is 0.345 e. The quantitative estimate of drug-likeness (QED) is 0.00610. The average Bonchev–Trinajstić information content (AvgIpc) is 3.31. The van der Waals surface area contributed by atoms with E-state index in [0.717, 1.165) is 32.1 Å². The molecule has 0 bridgehead atoms. The molecule has 7 aromatic rings.